The minimum absolute atomic E-state index is 0.131. The van der Waals surface area contributed by atoms with Gasteiger partial charge in [0.2, 0.25) is 0 Å². The molecule has 0 saturated carbocycles. The summed E-state index contributed by atoms with van der Waals surface area (Å²) in [4.78, 5) is 12.6. The van der Waals surface area contributed by atoms with Crippen molar-refractivity contribution in [3.63, 3.8) is 0 Å². The van der Waals surface area contributed by atoms with E-state index in [1.807, 2.05) is 24.3 Å². The van der Waals surface area contributed by atoms with Gasteiger partial charge in [-0.25, -0.2) is 8.42 Å². The minimum atomic E-state index is -3.76. The first-order chi connectivity index (χ1) is 13.9. The van der Waals surface area contributed by atoms with Crippen molar-refractivity contribution in [3.05, 3.63) is 88.4 Å². The van der Waals surface area contributed by atoms with E-state index >= 15 is 0 Å². The fraction of sp³-hybridized carbons (Fsp3) is 0.0952. The molecule has 1 amide bonds. The molecule has 0 radical (unpaired) electrons. The maximum atomic E-state index is 12.5. The number of rotatable bonds is 7. The normalized spacial score (nSPS) is 11.0. The number of carbonyl (C=O) groups is 1. The molecule has 0 spiro atoms. The molecule has 2 N–H and O–H groups in total. The lowest BCUT2D eigenvalue weighted by molar-refractivity contribution is 0.0950. The SMILES string of the molecule is COc1ccccc1CNC(=O)c1cccc(NS(=O)(=O)c2ccc(Br)cc2)c1. The summed E-state index contributed by atoms with van der Waals surface area (Å²) >= 11 is 3.28. The van der Waals surface area contributed by atoms with Gasteiger partial charge in [-0.3, -0.25) is 9.52 Å². The standard InChI is InChI=1S/C21H19BrN2O4S/c1-28-20-8-3-2-5-16(20)14-23-21(25)15-6-4-7-18(13-15)24-29(26,27)19-11-9-17(22)10-12-19/h2-13,24H,14H2,1H3,(H,23,25). The van der Waals surface area contributed by atoms with Gasteiger partial charge in [-0.15, -0.1) is 0 Å². The van der Waals surface area contributed by atoms with Gasteiger partial charge in [0.05, 0.1) is 12.0 Å². The number of hydrogen-bond acceptors (Lipinski definition) is 4. The van der Waals surface area contributed by atoms with Crippen LogP contribution in [0, 0.1) is 0 Å². The Morgan fingerprint density at radius 3 is 2.45 bits per heavy atom. The fourth-order valence-corrected chi connectivity index (χ4v) is 3.99. The quantitative estimate of drug-likeness (QED) is 0.537. The highest BCUT2D eigenvalue weighted by molar-refractivity contribution is 9.10. The zero-order chi connectivity index (χ0) is 20.9. The van der Waals surface area contributed by atoms with Crippen molar-refractivity contribution in [2.24, 2.45) is 0 Å². The lowest BCUT2D eigenvalue weighted by Crippen LogP contribution is -2.23. The predicted octanol–water partition coefficient (Wildman–Crippen LogP) is 4.19. The monoisotopic (exact) mass is 474 g/mol. The molecule has 3 rings (SSSR count). The summed E-state index contributed by atoms with van der Waals surface area (Å²) < 4.78 is 33.6. The average molecular weight is 475 g/mol. The number of amides is 1. The van der Waals surface area contributed by atoms with Crippen LogP contribution in [0.4, 0.5) is 5.69 Å². The van der Waals surface area contributed by atoms with Crippen LogP contribution < -0.4 is 14.8 Å². The number of para-hydroxylation sites is 1. The molecule has 6 nitrogen and oxygen atoms in total. The highest BCUT2D eigenvalue weighted by Crippen LogP contribution is 2.20. The number of methoxy groups -OCH3 is 1. The van der Waals surface area contributed by atoms with E-state index in [4.69, 9.17) is 4.74 Å². The average Bonchev–Trinajstić information content (AvgIpc) is 2.72. The van der Waals surface area contributed by atoms with Crippen LogP contribution in [0.3, 0.4) is 0 Å². The van der Waals surface area contributed by atoms with E-state index in [1.165, 1.54) is 18.2 Å². The van der Waals surface area contributed by atoms with Gasteiger partial charge in [-0.05, 0) is 48.5 Å². The largest absolute Gasteiger partial charge is 0.496 e. The predicted molar refractivity (Wildman–Crippen MR) is 116 cm³/mol. The van der Waals surface area contributed by atoms with Crippen LogP contribution in [0.1, 0.15) is 15.9 Å². The zero-order valence-electron chi connectivity index (χ0n) is 15.6. The molecule has 3 aromatic carbocycles. The molecule has 0 atom stereocenters. The number of anilines is 1. The van der Waals surface area contributed by atoms with Crippen molar-refractivity contribution < 1.29 is 17.9 Å². The zero-order valence-corrected chi connectivity index (χ0v) is 18.0. The summed E-state index contributed by atoms with van der Waals surface area (Å²) in [7, 11) is -2.18. The molecule has 0 saturated heterocycles. The first-order valence-electron chi connectivity index (χ1n) is 8.67. The Kier molecular flexibility index (Phi) is 6.56. The van der Waals surface area contributed by atoms with Crippen LogP contribution >= 0.6 is 15.9 Å². The van der Waals surface area contributed by atoms with Crippen LogP contribution in [0.5, 0.6) is 5.75 Å². The molecule has 0 aliphatic rings. The van der Waals surface area contributed by atoms with Gasteiger partial charge >= 0.3 is 0 Å². The lowest BCUT2D eigenvalue weighted by atomic mass is 10.1. The molecule has 8 heteroatoms. The van der Waals surface area contributed by atoms with Crippen molar-refractivity contribution in [1.82, 2.24) is 5.32 Å². The van der Waals surface area contributed by atoms with Crippen LogP contribution in [0.15, 0.2) is 82.2 Å². The van der Waals surface area contributed by atoms with Crippen molar-refractivity contribution in [1.29, 1.82) is 0 Å². The number of halogens is 1. The first kappa shape index (κ1) is 20.9. The number of nitrogens with one attached hydrogen (secondary N) is 2. The Balaban J connectivity index is 1.71. The smallest absolute Gasteiger partial charge is 0.261 e. The third-order valence-electron chi connectivity index (χ3n) is 4.13. The van der Waals surface area contributed by atoms with Crippen molar-refractivity contribution in [3.8, 4) is 5.75 Å². The van der Waals surface area contributed by atoms with Crippen LogP contribution in [0.2, 0.25) is 0 Å². The number of ether oxygens (including phenoxy) is 1. The molecule has 0 unspecified atom stereocenters. The van der Waals surface area contributed by atoms with E-state index in [0.29, 0.717) is 17.0 Å². The molecule has 150 valence electrons. The molecule has 0 aromatic heterocycles. The third-order valence-corrected chi connectivity index (χ3v) is 6.06. The van der Waals surface area contributed by atoms with Crippen LogP contribution in [-0.2, 0) is 16.6 Å². The van der Waals surface area contributed by atoms with Gasteiger partial charge in [-0.2, -0.15) is 0 Å². The number of benzene rings is 3. The van der Waals surface area contributed by atoms with Gasteiger partial charge in [0, 0.05) is 27.8 Å². The number of hydrogen-bond donors (Lipinski definition) is 2. The van der Waals surface area contributed by atoms with E-state index in [0.717, 1.165) is 10.0 Å². The van der Waals surface area contributed by atoms with Gasteiger partial charge in [0.25, 0.3) is 15.9 Å². The van der Waals surface area contributed by atoms with Gasteiger partial charge in [0.15, 0.2) is 0 Å². The Labute approximate surface area is 178 Å². The summed E-state index contributed by atoms with van der Waals surface area (Å²) in [6.07, 6.45) is 0. The summed E-state index contributed by atoms with van der Waals surface area (Å²) in [6, 6.07) is 20.0. The Morgan fingerprint density at radius 1 is 1.00 bits per heavy atom. The summed E-state index contributed by atoms with van der Waals surface area (Å²) in [5.41, 5.74) is 1.49. The van der Waals surface area contributed by atoms with Crippen molar-refractivity contribution in [2.75, 3.05) is 11.8 Å². The molecule has 0 fully saturated rings. The second-order valence-corrected chi connectivity index (χ2v) is 8.73. The maximum Gasteiger partial charge on any atom is 0.261 e. The molecule has 3 aromatic rings. The topological polar surface area (TPSA) is 84.5 Å². The number of sulfonamides is 1. The van der Waals surface area contributed by atoms with Crippen LogP contribution in [0.25, 0.3) is 0 Å². The summed E-state index contributed by atoms with van der Waals surface area (Å²) in [5, 5.41) is 2.82. The van der Waals surface area contributed by atoms with E-state index < -0.39 is 10.0 Å². The highest BCUT2D eigenvalue weighted by atomic mass is 79.9. The van der Waals surface area contributed by atoms with E-state index in [1.54, 1.807) is 37.4 Å². The van der Waals surface area contributed by atoms with E-state index in [2.05, 4.69) is 26.0 Å². The van der Waals surface area contributed by atoms with E-state index in [-0.39, 0.29) is 17.3 Å². The summed E-state index contributed by atoms with van der Waals surface area (Å²) in [6.45, 7) is 0.289. The Morgan fingerprint density at radius 2 is 1.72 bits per heavy atom. The highest BCUT2D eigenvalue weighted by Gasteiger charge is 2.15. The van der Waals surface area contributed by atoms with Crippen molar-refractivity contribution >= 4 is 37.5 Å². The second kappa shape index (κ2) is 9.11. The molecule has 0 bridgehead atoms. The van der Waals surface area contributed by atoms with Gasteiger partial charge in [0.1, 0.15) is 5.75 Å². The van der Waals surface area contributed by atoms with Crippen LogP contribution in [-0.4, -0.2) is 21.4 Å². The molecule has 0 aliphatic heterocycles. The molecule has 0 aliphatic carbocycles. The summed E-state index contributed by atoms with van der Waals surface area (Å²) in [5.74, 6) is 0.365. The van der Waals surface area contributed by atoms with E-state index in [9.17, 15) is 13.2 Å². The fourth-order valence-electron chi connectivity index (χ4n) is 2.68. The van der Waals surface area contributed by atoms with Gasteiger partial charge in [-0.1, -0.05) is 40.2 Å². The maximum absolute atomic E-state index is 12.5. The lowest BCUT2D eigenvalue weighted by Gasteiger charge is -2.11. The molecule has 29 heavy (non-hydrogen) atoms. The van der Waals surface area contributed by atoms with Gasteiger partial charge < -0.3 is 10.1 Å². The molecular weight excluding hydrogens is 456 g/mol. The Bertz CT molecular complexity index is 1120. The number of carbonyl (C=O) groups excluding carboxylic acids is 1. The minimum Gasteiger partial charge on any atom is -0.496 e. The molecule has 0 heterocycles. The second-order valence-electron chi connectivity index (χ2n) is 6.13. The first-order valence-corrected chi connectivity index (χ1v) is 11.0. The van der Waals surface area contributed by atoms with Crippen molar-refractivity contribution in [2.45, 2.75) is 11.4 Å². The molecular formula is C21H19BrN2O4S. The Hall–Kier alpha value is -2.84. The third kappa shape index (κ3) is 5.36.